The van der Waals surface area contributed by atoms with E-state index in [0.29, 0.717) is 17.4 Å². The van der Waals surface area contributed by atoms with E-state index in [1.807, 2.05) is 48.5 Å². The van der Waals surface area contributed by atoms with Crippen LogP contribution in [-0.4, -0.2) is 27.0 Å². The summed E-state index contributed by atoms with van der Waals surface area (Å²) in [5.74, 6) is 1.57. The Morgan fingerprint density at radius 1 is 0.966 bits per heavy atom. The fourth-order valence-electron chi connectivity index (χ4n) is 2.93. The van der Waals surface area contributed by atoms with Crippen molar-refractivity contribution in [2.45, 2.75) is 19.9 Å². The molecule has 0 fully saturated rings. The lowest BCUT2D eigenvalue weighted by Crippen LogP contribution is -2.23. The van der Waals surface area contributed by atoms with Crippen LogP contribution in [0.3, 0.4) is 0 Å². The standard InChI is InChI=1S/C22H20N4O3/c1-3-15-4-6-17(7-5-15)22-23-20(29-25-22)14-26-21(27)13-12-19(24-26)16-8-10-18(28-2)11-9-16/h4-13H,3,14H2,1-2H3. The summed E-state index contributed by atoms with van der Waals surface area (Å²) in [6.07, 6.45) is 0.969. The van der Waals surface area contributed by atoms with Crippen LogP contribution in [0.1, 0.15) is 18.4 Å². The third-order valence-corrected chi connectivity index (χ3v) is 4.63. The first-order valence-corrected chi connectivity index (χ1v) is 9.31. The summed E-state index contributed by atoms with van der Waals surface area (Å²) in [4.78, 5) is 16.6. The van der Waals surface area contributed by atoms with Crippen molar-refractivity contribution in [2.75, 3.05) is 7.11 Å². The van der Waals surface area contributed by atoms with Crippen molar-refractivity contribution in [3.05, 3.63) is 82.5 Å². The van der Waals surface area contributed by atoms with Gasteiger partial charge in [-0.3, -0.25) is 4.79 Å². The number of ether oxygens (including phenoxy) is 1. The Morgan fingerprint density at radius 3 is 2.38 bits per heavy atom. The minimum absolute atomic E-state index is 0.100. The van der Waals surface area contributed by atoms with Gasteiger partial charge in [0.15, 0.2) is 0 Å². The van der Waals surface area contributed by atoms with Crippen LogP contribution in [0, 0.1) is 0 Å². The van der Waals surface area contributed by atoms with E-state index in [-0.39, 0.29) is 12.1 Å². The SMILES string of the molecule is CCc1ccc(-c2noc(Cn3nc(-c4ccc(OC)cc4)ccc3=O)n2)cc1. The van der Waals surface area contributed by atoms with Gasteiger partial charge < -0.3 is 9.26 Å². The maximum absolute atomic E-state index is 12.2. The summed E-state index contributed by atoms with van der Waals surface area (Å²) in [5.41, 5.74) is 3.41. The highest BCUT2D eigenvalue weighted by atomic mass is 16.5. The van der Waals surface area contributed by atoms with Crippen molar-refractivity contribution in [1.29, 1.82) is 0 Å². The maximum Gasteiger partial charge on any atom is 0.267 e. The number of hydrogen-bond acceptors (Lipinski definition) is 6. The molecule has 0 aliphatic heterocycles. The molecule has 0 saturated heterocycles. The molecule has 0 spiro atoms. The Morgan fingerprint density at radius 2 is 1.69 bits per heavy atom. The monoisotopic (exact) mass is 388 g/mol. The molecule has 7 heteroatoms. The van der Waals surface area contributed by atoms with Gasteiger partial charge in [0.1, 0.15) is 12.3 Å². The van der Waals surface area contributed by atoms with Gasteiger partial charge in [-0.1, -0.05) is 36.3 Å². The van der Waals surface area contributed by atoms with Crippen LogP contribution < -0.4 is 10.3 Å². The van der Waals surface area contributed by atoms with Crippen LogP contribution in [0.4, 0.5) is 0 Å². The molecule has 0 saturated carbocycles. The number of aryl methyl sites for hydroxylation is 1. The summed E-state index contributed by atoms with van der Waals surface area (Å²) in [6, 6.07) is 18.6. The average molecular weight is 388 g/mol. The van der Waals surface area contributed by atoms with E-state index in [1.54, 1.807) is 13.2 Å². The van der Waals surface area contributed by atoms with Gasteiger partial charge >= 0.3 is 0 Å². The van der Waals surface area contributed by atoms with Gasteiger partial charge in [0.25, 0.3) is 5.56 Å². The van der Waals surface area contributed by atoms with E-state index < -0.39 is 0 Å². The fourth-order valence-corrected chi connectivity index (χ4v) is 2.93. The maximum atomic E-state index is 12.2. The van der Waals surface area contributed by atoms with E-state index in [9.17, 15) is 4.79 Å². The van der Waals surface area contributed by atoms with Gasteiger partial charge in [-0.15, -0.1) is 0 Å². The summed E-state index contributed by atoms with van der Waals surface area (Å²) >= 11 is 0. The van der Waals surface area contributed by atoms with Crippen LogP contribution in [-0.2, 0) is 13.0 Å². The molecule has 0 amide bonds. The number of benzene rings is 2. The largest absolute Gasteiger partial charge is 0.497 e. The lowest BCUT2D eigenvalue weighted by atomic mass is 10.1. The molecule has 2 aromatic carbocycles. The Balaban J connectivity index is 1.57. The van der Waals surface area contributed by atoms with Crippen LogP contribution in [0.15, 0.2) is 70.0 Å². The molecule has 0 aliphatic rings. The van der Waals surface area contributed by atoms with Crippen molar-refractivity contribution < 1.29 is 9.26 Å². The molecule has 146 valence electrons. The Hall–Kier alpha value is -3.74. The first kappa shape index (κ1) is 18.6. The van der Waals surface area contributed by atoms with Crippen molar-refractivity contribution in [1.82, 2.24) is 19.9 Å². The van der Waals surface area contributed by atoms with Crippen LogP contribution >= 0.6 is 0 Å². The third-order valence-electron chi connectivity index (χ3n) is 4.63. The predicted molar refractivity (Wildman–Crippen MR) is 109 cm³/mol. The molecule has 7 nitrogen and oxygen atoms in total. The molecule has 0 radical (unpaired) electrons. The van der Waals surface area contributed by atoms with Crippen molar-refractivity contribution in [3.63, 3.8) is 0 Å². The molecule has 4 aromatic rings. The van der Waals surface area contributed by atoms with Crippen LogP contribution in [0.2, 0.25) is 0 Å². The first-order chi connectivity index (χ1) is 14.2. The molecule has 4 rings (SSSR count). The number of nitrogens with zero attached hydrogens (tertiary/aromatic N) is 4. The summed E-state index contributed by atoms with van der Waals surface area (Å²) in [5, 5.41) is 8.46. The average Bonchev–Trinajstić information content (AvgIpc) is 3.24. The molecule has 0 unspecified atom stereocenters. The molecule has 0 aliphatic carbocycles. The number of rotatable bonds is 6. The first-order valence-electron chi connectivity index (χ1n) is 9.31. The Kier molecular flexibility index (Phi) is 5.20. The third kappa shape index (κ3) is 4.08. The summed E-state index contributed by atoms with van der Waals surface area (Å²) in [6.45, 7) is 2.20. The quantitative estimate of drug-likeness (QED) is 0.502. The second kappa shape index (κ2) is 8.10. The second-order valence-corrected chi connectivity index (χ2v) is 6.51. The zero-order chi connectivity index (χ0) is 20.2. The van der Waals surface area contributed by atoms with Gasteiger partial charge in [0, 0.05) is 17.2 Å². The van der Waals surface area contributed by atoms with E-state index in [4.69, 9.17) is 9.26 Å². The van der Waals surface area contributed by atoms with Gasteiger partial charge in [0.2, 0.25) is 11.7 Å². The van der Waals surface area contributed by atoms with Crippen molar-refractivity contribution in [3.8, 4) is 28.4 Å². The number of methoxy groups -OCH3 is 1. The van der Waals surface area contributed by atoms with E-state index in [1.165, 1.54) is 16.3 Å². The zero-order valence-electron chi connectivity index (χ0n) is 16.2. The zero-order valence-corrected chi connectivity index (χ0v) is 16.2. The molecule has 2 heterocycles. The van der Waals surface area contributed by atoms with Gasteiger partial charge in [0.05, 0.1) is 12.8 Å². The second-order valence-electron chi connectivity index (χ2n) is 6.51. The van der Waals surface area contributed by atoms with Crippen LogP contribution in [0.25, 0.3) is 22.6 Å². The molecule has 29 heavy (non-hydrogen) atoms. The molecule has 2 aromatic heterocycles. The Labute approximate surface area is 167 Å². The fraction of sp³-hybridized carbons (Fsp3) is 0.182. The van der Waals surface area contributed by atoms with Crippen LogP contribution in [0.5, 0.6) is 5.75 Å². The minimum Gasteiger partial charge on any atom is -0.497 e. The molecule has 0 atom stereocenters. The number of aromatic nitrogens is 4. The summed E-state index contributed by atoms with van der Waals surface area (Å²) < 4.78 is 11.8. The lowest BCUT2D eigenvalue weighted by Gasteiger charge is -2.06. The normalized spacial score (nSPS) is 10.8. The highest BCUT2D eigenvalue weighted by Crippen LogP contribution is 2.20. The van der Waals surface area contributed by atoms with E-state index >= 15 is 0 Å². The van der Waals surface area contributed by atoms with E-state index in [2.05, 4.69) is 22.2 Å². The lowest BCUT2D eigenvalue weighted by molar-refractivity contribution is 0.363. The van der Waals surface area contributed by atoms with Gasteiger partial charge in [-0.2, -0.15) is 10.1 Å². The van der Waals surface area contributed by atoms with Gasteiger partial charge in [-0.05, 0) is 42.3 Å². The highest BCUT2D eigenvalue weighted by molar-refractivity contribution is 5.59. The van der Waals surface area contributed by atoms with Crippen molar-refractivity contribution in [2.24, 2.45) is 0 Å². The Bertz CT molecular complexity index is 1160. The highest BCUT2D eigenvalue weighted by Gasteiger charge is 2.11. The topological polar surface area (TPSA) is 83.0 Å². The van der Waals surface area contributed by atoms with Gasteiger partial charge in [-0.25, -0.2) is 4.68 Å². The number of hydrogen-bond donors (Lipinski definition) is 0. The molecule has 0 N–H and O–H groups in total. The molecule has 0 bridgehead atoms. The minimum atomic E-state index is -0.241. The van der Waals surface area contributed by atoms with E-state index in [0.717, 1.165) is 23.3 Å². The molecular weight excluding hydrogens is 368 g/mol. The smallest absolute Gasteiger partial charge is 0.267 e. The predicted octanol–water partition coefficient (Wildman–Crippen LogP) is 3.58. The van der Waals surface area contributed by atoms with Crippen molar-refractivity contribution >= 4 is 0 Å². The molecular formula is C22H20N4O3. The summed E-state index contributed by atoms with van der Waals surface area (Å²) in [7, 11) is 1.62.